The fraction of sp³-hybridized carbons (Fsp3) is 0.667. The zero-order valence-electron chi connectivity index (χ0n) is 13.0. The highest BCUT2D eigenvalue weighted by Gasteiger charge is 2.23. The molecule has 0 aromatic carbocycles. The van der Waals surface area contributed by atoms with Crippen LogP contribution in [0.3, 0.4) is 0 Å². The van der Waals surface area contributed by atoms with E-state index in [0.717, 1.165) is 57.1 Å². The first-order valence-electron chi connectivity index (χ1n) is 7.87. The first-order chi connectivity index (χ1) is 10.6. The smallest absolute Gasteiger partial charge is 0.404 e. The van der Waals surface area contributed by atoms with Crippen LogP contribution in [-0.4, -0.2) is 59.3 Å². The number of carbonyl (C=O) groups is 1. The fourth-order valence-corrected chi connectivity index (χ4v) is 3.24. The quantitative estimate of drug-likeness (QED) is 0.865. The molecule has 1 amide bonds. The van der Waals surface area contributed by atoms with Gasteiger partial charge in [-0.1, -0.05) is 0 Å². The molecular formula is C15H23N5O2. The molecule has 0 aliphatic carbocycles. The van der Waals surface area contributed by atoms with Crippen molar-refractivity contribution in [2.75, 3.05) is 38.1 Å². The number of piperidine rings is 1. The van der Waals surface area contributed by atoms with Crippen molar-refractivity contribution in [3.8, 4) is 0 Å². The minimum atomic E-state index is -0.953. The van der Waals surface area contributed by atoms with Gasteiger partial charge in [-0.15, -0.1) is 0 Å². The molecule has 7 heteroatoms. The maximum absolute atomic E-state index is 10.6. The van der Waals surface area contributed by atoms with Crippen LogP contribution < -0.4 is 10.2 Å². The largest absolute Gasteiger partial charge is 0.465 e. The number of hydrogen-bond donors (Lipinski definition) is 2. The van der Waals surface area contributed by atoms with Gasteiger partial charge in [-0.25, -0.2) is 14.8 Å². The van der Waals surface area contributed by atoms with Gasteiger partial charge in [0, 0.05) is 50.9 Å². The van der Waals surface area contributed by atoms with Crippen LogP contribution in [0.25, 0.3) is 0 Å². The van der Waals surface area contributed by atoms with Gasteiger partial charge < -0.3 is 20.2 Å². The van der Waals surface area contributed by atoms with E-state index in [1.54, 1.807) is 0 Å². The molecule has 0 spiro atoms. The van der Waals surface area contributed by atoms with Crippen LogP contribution in [0.2, 0.25) is 0 Å². The Balaban J connectivity index is 1.67. The molecule has 1 saturated heterocycles. The van der Waals surface area contributed by atoms with Gasteiger partial charge in [-0.3, -0.25) is 0 Å². The third kappa shape index (κ3) is 3.47. The Bertz CT molecular complexity index is 551. The van der Waals surface area contributed by atoms with E-state index in [1.807, 2.05) is 6.20 Å². The monoisotopic (exact) mass is 305 g/mol. The molecule has 1 aromatic heterocycles. The average Bonchev–Trinajstić information content (AvgIpc) is 2.52. The summed E-state index contributed by atoms with van der Waals surface area (Å²) in [4.78, 5) is 24.4. The number of amides is 1. The Morgan fingerprint density at radius 2 is 2.36 bits per heavy atom. The first kappa shape index (κ1) is 15.0. The van der Waals surface area contributed by atoms with Crippen LogP contribution in [0.4, 0.5) is 10.7 Å². The molecule has 2 N–H and O–H groups in total. The Labute approximate surface area is 130 Å². The van der Waals surface area contributed by atoms with Crippen LogP contribution >= 0.6 is 0 Å². The SMILES string of the molecule is CN1CCc2nc(N3CCCC(CNC(=O)O)C3)ncc2C1. The van der Waals surface area contributed by atoms with E-state index < -0.39 is 6.09 Å². The van der Waals surface area contributed by atoms with Crippen molar-refractivity contribution in [1.82, 2.24) is 20.2 Å². The first-order valence-corrected chi connectivity index (χ1v) is 7.87. The highest BCUT2D eigenvalue weighted by Crippen LogP contribution is 2.22. The molecule has 0 bridgehead atoms. The molecule has 1 atom stereocenters. The third-order valence-corrected chi connectivity index (χ3v) is 4.46. The topological polar surface area (TPSA) is 81.6 Å². The van der Waals surface area contributed by atoms with Gasteiger partial charge in [0.15, 0.2) is 0 Å². The lowest BCUT2D eigenvalue weighted by molar-refractivity contribution is 0.191. The number of fused-ring (bicyclic) bond motifs is 1. The van der Waals surface area contributed by atoms with Crippen molar-refractivity contribution in [2.45, 2.75) is 25.8 Å². The van der Waals surface area contributed by atoms with Gasteiger partial charge in [-0.05, 0) is 25.8 Å². The summed E-state index contributed by atoms with van der Waals surface area (Å²) in [6, 6.07) is 0. The number of nitrogens with one attached hydrogen (secondary N) is 1. The molecule has 1 fully saturated rings. The lowest BCUT2D eigenvalue weighted by Crippen LogP contribution is -2.41. The zero-order valence-corrected chi connectivity index (χ0v) is 13.0. The van der Waals surface area contributed by atoms with E-state index in [9.17, 15) is 4.79 Å². The summed E-state index contributed by atoms with van der Waals surface area (Å²) < 4.78 is 0. The second kappa shape index (κ2) is 6.48. The molecule has 3 heterocycles. The lowest BCUT2D eigenvalue weighted by atomic mass is 9.98. The number of aromatic nitrogens is 2. The molecule has 0 radical (unpaired) electrons. The van der Waals surface area contributed by atoms with Crippen LogP contribution in [-0.2, 0) is 13.0 Å². The number of rotatable bonds is 3. The molecule has 0 saturated carbocycles. The average molecular weight is 305 g/mol. The minimum absolute atomic E-state index is 0.329. The van der Waals surface area contributed by atoms with Crippen molar-refractivity contribution in [3.63, 3.8) is 0 Å². The Hall–Kier alpha value is -1.89. The van der Waals surface area contributed by atoms with E-state index in [-0.39, 0.29) is 0 Å². The van der Waals surface area contributed by atoms with Crippen LogP contribution in [0.15, 0.2) is 6.20 Å². The van der Waals surface area contributed by atoms with Crippen LogP contribution in [0.1, 0.15) is 24.1 Å². The summed E-state index contributed by atoms with van der Waals surface area (Å²) in [5, 5.41) is 11.2. The summed E-state index contributed by atoms with van der Waals surface area (Å²) in [6.45, 7) is 4.22. The second-order valence-electron chi connectivity index (χ2n) is 6.27. The number of nitrogens with zero attached hydrogens (tertiary/aromatic N) is 4. The summed E-state index contributed by atoms with van der Waals surface area (Å²) in [6.07, 6.45) is 4.07. The second-order valence-corrected chi connectivity index (χ2v) is 6.27. The van der Waals surface area contributed by atoms with Crippen molar-refractivity contribution < 1.29 is 9.90 Å². The Kier molecular flexibility index (Phi) is 4.42. The van der Waals surface area contributed by atoms with E-state index in [0.29, 0.717) is 12.5 Å². The standard InChI is InChI=1S/C15H23N5O2/c1-19-6-4-13-12(10-19)8-16-14(18-13)20-5-2-3-11(9-20)7-17-15(21)22/h8,11,17H,2-7,9-10H2,1H3,(H,21,22). The van der Waals surface area contributed by atoms with Crippen molar-refractivity contribution >= 4 is 12.0 Å². The lowest BCUT2D eigenvalue weighted by Gasteiger charge is -2.33. The summed E-state index contributed by atoms with van der Waals surface area (Å²) in [5.41, 5.74) is 2.38. The fourth-order valence-electron chi connectivity index (χ4n) is 3.24. The zero-order chi connectivity index (χ0) is 15.5. The van der Waals surface area contributed by atoms with Gasteiger partial charge in [0.1, 0.15) is 0 Å². The molecule has 7 nitrogen and oxygen atoms in total. The number of hydrogen-bond acceptors (Lipinski definition) is 5. The molecule has 2 aliphatic heterocycles. The van der Waals surface area contributed by atoms with E-state index in [2.05, 4.69) is 27.1 Å². The predicted molar refractivity (Wildman–Crippen MR) is 83.0 cm³/mol. The molecule has 1 unspecified atom stereocenters. The summed E-state index contributed by atoms with van der Waals surface area (Å²) in [5.74, 6) is 1.12. The highest BCUT2D eigenvalue weighted by atomic mass is 16.4. The van der Waals surface area contributed by atoms with Crippen LogP contribution in [0, 0.1) is 5.92 Å². The predicted octanol–water partition coefficient (Wildman–Crippen LogP) is 0.949. The van der Waals surface area contributed by atoms with Gasteiger partial charge in [0.2, 0.25) is 5.95 Å². The van der Waals surface area contributed by atoms with Gasteiger partial charge >= 0.3 is 6.09 Å². The Morgan fingerprint density at radius 1 is 1.50 bits per heavy atom. The molecule has 3 rings (SSSR count). The minimum Gasteiger partial charge on any atom is -0.465 e. The third-order valence-electron chi connectivity index (χ3n) is 4.46. The van der Waals surface area contributed by atoms with Crippen molar-refractivity contribution in [1.29, 1.82) is 0 Å². The molecular weight excluding hydrogens is 282 g/mol. The number of anilines is 1. The molecule has 22 heavy (non-hydrogen) atoms. The summed E-state index contributed by atoms with van der Waals surface area (Å²) >= 11 is 0. The highest BCUT2D eigenvalue weighted by molar-refractivity contribution is 5.64. The van der Waals surface area contributed by atoms with Gasteiger partial charge in [-0.2, -0.15) is 0 Å². The maximum atomic E-state index is 10.6. The maximum Gasteiger partial charge on any atom is 0.404 e. The van der Waals surface area contributed by atoms with E-state index in [1.165, 1.54) is 5.56 Å². The van der Waals surface area contributed by atoms with Crippen molar-refractivity contribution in [2.24, 2.45) is 5.92 Å². The molecule has 2 aliphatic rings. The summed E-state index contributed by atoms with van der Waals surface area (Å²) in [7, 11) is 2.11. The molecule has 120 valence electrons. The number of likely N-dealkylation sites (N-methyl/N-ethyl adjacent to an activating group) is 1. The number of carboxylic acid groups (broad SMARTS) is 1. The Morgan fingerprint density at radius 3 is 3.18 bits per heavy atom. The van der Waals surface area contributed by atoms with E-state index in [4.69, 9.17) is 10.1 Å². The van der Waals surface area contributed by atoms with Crippen molar-refractivity contribution in [3.05, 3.63) is 17.5 Å². The molecule has 1 aromatic rings. The van der Waals surface area contributed by atoms with Gasteiger partial charge in [0.05, 0.1) is 5.69 Å². The van der Waals surface area contributed by atoms with Crippen LogP contribution in [0.5, 0.6) is 0 Å². The van der Waals surface area contributed by atoms with E-state index >= 15 is 0 Å². The normalized spacial score (nSPS) is 22.2. The van der Waals surface area contributed by atoms with Gasteiger partial charge in [0.25, 0.3) is 0 Å².